The van der Waals surface area contributed by atoms with Crippen molar-refractivity contribution in [3.8, 4) is 0 Å². The SMILES string of the molecule is C=C(CC1(CC(F)(F)F)COC1)c1ccc(C)cc1C. The van der Waals surface area contributed by atoms with E-state index >= 15 is 0 Å². The number of alkyl halides is 3. The van der Waals surface area contributed by atoms with Crippen LogP contribution in [0, 0.1) is 19.3 Å². The molecular formula is C16H19F3O. The second-order valence-corrected chi connectivity index (χ2v) is 5.88. The molecule has 1 aliphatic rings. The molecule has 1 heterocycles. The maximum atomic E-state index is 12.7. The highest BCUT2D eigenvalue weighted by molar-refractivity contribution is 5.67. The Morgan fingerprint density at radius 2 is 1.95 bits per heavy atom. The van der Waals surface area contributed by atoms with Gasteiger partial charge in [-0.25, -0.2) is 0 Å². The molecule has 1 aliphatic heterocycles. The van der Waals surface area contributed by atoms with E-state index in [2.05, 4.69) is 6.58 Å². The lowest BCUT2D eigenvalue weighted by atomic mass is 9.75. The summed E-state index contributed by atoms with van der Waals surface area (Å²) in [4.78, 5) is 0. The molecule has 110 valence electrons. The molecule has 0 amide bonds. The summed E-state index contributed by atoms with van der Waals surface area (Å²) in [6, 6.07) is 5.92. The van der Waals surface area contributed by atoms with Crippen molar-refractivity contribution in [3.05, 3.63) is 41.5 Å². The topological polar surface area (TPSA) is 9.23 Å². The maximum absolute atomic E-state index is 12.7. The van der Waals surface area contributed by atoms with Crippen molar-refractivity contribution in [1.82, 2.24) is 0 Å². The van der Waals surface area contributed by atoms with Crippen molar-refractivity contribution < 1.29 is 17.9 Å². The lowest BCUT2D eigenvalue weighted by Crippen LogP contribution is -2.45. The van der Waals surface area contributed by atoms with Crippen LogP contribution in [0.2, 0.25) is 0 Å². The van der Waals surface area contributed by atoms with Crippen molar-refractivity contribution in [2.24, 2.45) is 5.41 Å². The molecule has 0 saturated carbocycles. The van der Waals surface area contributed by atoms with Crippen molar-refractivity contribution in [3.63, 3.8) is 0 Å². The summed E-state index contributed by atoms with van der Waals surface area (Å²) in [7, 11) is 0. The fourth-order valence-electron chi connectivity index (χ4n) is 2.84. The Kier molecular flexibility index (Phi) is 3.96. The van der Waals surface area contributed by atoms with Crippen molar-refractivity contribution in [2.75, 3.05) is 13.2 Å². The van der Waals surface area contributed by atoms with E-state index in [1.54, 1.807) is 0 Å². The van der Waals surface area contributed by atoms with Crippen LogP contribution in [-0.4, -0.2) is 19.4 Å². The van der Waals surface area contributed by atoms with E-state index in [1.165, 1.54) is 0 Å². The van der Waals surface area contributed by atoms with Crippen molar-refractivity contribution >= 4 is 5.57 Å². The molecule has 0 unspecified atom stereocenters. The quantitative estimate of drug-likeness (QED) is 0.780. The Morgan fingerprint density at radius 3 is 2.40 bits per heavy atom. The highest BCUT2D eigenvalue weighted by atomic mass is 19.4. The Balaban J connectivity index is 2.13. The van der Waals surface area contributed by atoms with Gasteiger partial charge in [-0.2, -0.15) is 13.2 Å². The highest BCUT2D eigenvalue weighted by Gasteiger charge is 2.47. The predicted molar refractivity (Wildman–Crippen MR) is 73.5 cm³/mol. The minimum absolute atomic E-state index is 0.163. The third kappa shape index (κ3) is 3.42. The third-order valence-corrected chi connectivity index (χ3v) is 3.74. The molecule has 0 radical (unpaired) electrons. The van der Waals surface area contributed by atoms with Gasteiger partial charge in [0.05, 0.1) is 19.6 Å². The summed E-state index contributed by atoms with van der Waals surface area (Å²) in [5.74, 6) is 0. The van der Waals surface area contributed by atoms with E-state index in [9.17, 15) is 13.2 Å². The number of ether oxygens (including phenoxy) is 1. The molecule has 0 N–H and O–H groups in total. The van der Waals surface area contributed by atoms with Crippen LogP contribution in [0.3, 0.4) is 0 Å². The molecule has 0 aromatic heterocycles. The molecule has 0 aliphatic carbocycles. The van der Waals surface area contributed by atoms with Gasteiger partial charge >= 0.3 is 6.18 Å². The van der Waals surface area contributed by atoms with Crippen molar-refractivity contribution in [2.45, 2.75) is 32.9 Å². The number of hydrogen-bond acceptors (Lipinski definition) is 1. The van der Waals surface area contributed by atoms with Crippen LogP contribution < -0.4 is 0 Å². The van der Waals surface area contributed by atoms with Crippen LogP contribution in [0.1, 0.15) is 29.5 Å². The summed E-state index contributed by atoms with van der Waals surface area (Å²) in [5, 5.41) is 0. The molecule has 2 rings (SSSR count). The van der Waals surface area contributed by atoms with E-state index in [0.717, 1.165) is 22.3 Å². The van der Waals surface area contributed by atoms with Gasteiger partial charge in [0.2, 0.25) is 0 Å². The standard InChI is InChI=1S/C16H19F3O/c1-11-4-5-14(12(2)6-11)13(3)7-15(9-20-10-15)8-16(17,18)19/h4-6H,3,7-10H2,1-2H3. The first kappa shape index (κ1) is 15.1. The van der Waals surface area contributed by atoms with Gasteiger partial charge < -0.3 is 4.74 Å². The monoisotopic (exact) mass is 284 g/mol. The van der Waals surface area contributed by atoms with Gasteiger partial charge in [0.1, 0.15) is 0 Å². The van der Waals surface area contributed by atoms with Crippen LogP contribution in [-0.2, 0) is 4.74 Å². The Labute approximate surface area is 117 Å². The largest absolute Gasteiger partial charge is 0.389 e. The molecule has 1 nitrogen and oxygen atoms in total. The minimum atomic E-state index is -4.16. The molecule has 1 saturated heterocycles. The smallest absolute Gasteiger partial charge is 0.380 e. The van der Waals surface area contributed by atoms with Gasteiger partial charge in [-0.3, -0.25) is 0 Å². The van der Waals surface area contributed by atoms with Gasteiger partial charge in [-0.15, -0.1) is 0 Å². The maximum Gasteiger partial charge on any atom is 0.389 e. The fourth-order valence-corrected chi connectivity index (χ4v) is 2.84. The van der Waals surface area contributed by atoms with Crippen LogP contribution in [0.15, 0.2) is 24.8 Å². The van der Waals surface area contributed by atoms with Gasteiger partial charge in [0, 0.05) is 5.41 Å². The zero-order valence-electron chi connectivity index (χ0n) is 11.8. The lowest BCUT2D eigenvalue weighted by Gasteiger charge is -2.42. The van der Waals surface area contributed by atoms with E-state index in [0.29, 0.717) is 6.42 Å². The molecule has 1 aromatic rings. The Hall–Kier alpha value is -1.29. The zero-order chi connectivity index (χ0) is 15.0. The van der Waals surface area contributed by atoms with Gasteiger partial charge in [0.15, 0.2) is 0 Å². The average molecular weight is 284 g/mol. The molecule has 1 fully saturated rings. The van der Waals surface area contributed by atoms with Crippen LogP contribution in [0.25, 0.3) is 5.57 Å². The summed E-state index contributed by atoms with van der Waals surface area (Å²) in [6.45, 7) is 8.27. The number of benzene rings is 1. The van der Waals surface area contributed by atoms with E-state index in [4.69, 9.17) is 4.74 Å². The zero-order valence-corrected chi connectivity index (χ0v) is 11.8. The van der Waals surface area contributed by atoms with Gasteiger partial charge in [-0.05, 0) is 37.0 Å². The van der Waals surface area contributed by atoms with Gasteiger partial charge in [-0.1, -0.05) is 30.3 Å². The molecule has 1 aromatic carbocycles. The van der Waals surface area contributed by atoms with E-state index < -0.39 is 18.0 Å². The van der Waals surface area contributed by atoms with E-state index in [-0.39, 0.29) is 13.2 Å². The number of rotatable bonds is 4. The van der Waals surface area contributed by atoms with E-state index in [1.807, 2.05) is 32.0 Å². The number of aryl methyl sites for hydroxylation is 2. The first-order valence-corrected chi connectivity index (χ1v) is 6.61. The third-order valence-electron chi connectivity index (χ3n) is 3.74. The minimum Gasteiger partial charge on any atom is -0.380 e. The van der Waals surface area contributed by atoms with Gasteiger partial charge in [0.25, 0.3) is 0 Å². The molecule has 0 spiro atoms. The number of hydrogen-bond donors (Lipinski definition) is 0. The van der Waals surface area contributed by atoms with Crippen LogP contribution in [0.5, 0.6) is 0 Å². The Bertz CT molecular complexity index is 513. The first-order chi connectivity index (χ1) is 9.21. The summed E-state index contributed by atoms with van der Waals surface area (Å²) >= 11 is 0. The summed E-state index contributed by atoms with van der Waals surface area (Å²) < 4.78 is 43.0. The molecular weight excluding hydrogens is 265 g/mol. The molecule has 4 heteroatoms. The lowest BCUT2D eigenvalue weighted by molar-refractivity contribution is -0.208. The second kappa shape index (κ2) is 5.24. The fraction of sp³-hybridized carbons (Fsp3) is 0.500. The summed E-state index contributed by atoms with van der Waals surface area (Å²) in [5.41, 5.74) is 3.07. The van der Waals surface area contributed by atoms with Crippen LogP contribution >= 0.6 is 0 Å². The predicted octanol–water partition coefficient (Wildman–Crippen LogP) is 4.68. The molecule has 0 bridgehead atoms. The number of allylic oxidation sites excluding steroid dienone is 1. The normalized spacial score (nSPS) is 17.6. The summed E-state index contributed by atoms with van der Waals surface area (Å²) in [6.07, 6.45) is -4.63. The first-order valence-electron chi connectivity index (χ1n) is 6.61. The average Bonchev–Trinajstić information content (AvgIpc) is 2.23. The van der Waals surface area contributed by atoms with Crippen molar-refractivity contribution in [1.29, 1.82) is 0 Å². The highest BCUT2D eigenvalue weighted by Crippen LogP contribution is 2.45. The Morgan fingerprint density at radius 1 is 1.30 bits per heavy atom. The molecule has 20 heavy (non-hydrogen) atoms. The second-order valence-electron chi connectivity index (χ2n) is 5.88. The van der Waals surface area contributed by atoms with Crippen LogP contribution in [0.4, 0.5) is 13.2 Å². The molecule has 0 atom stereocenters. The number of halogens is 3.